The zero-order chi connectivity index (χ0) is 14.3. The summed E-state index contributed by atoms with van der Waals surface area (Å²) < 4.78 is 43.6. The maximum atomic E-state index is 12.9. The van der Waals surface area contributed by atoms with Gasteiger partial charge in [0.1, 0.15) is 17.0 Å². The van der Waals surface area contributed by atoms with Gasteiger partial charge in [-0.05, 0) is 38.0 Å². The zero-order valence-corrected chi connectivity index (χ0v) is 10.7. The summed E-state index contributed by atoms with van der Waals surface area (Å²) in [5, 5.41) is 12.3. The fourth-order valence-corrected chi connectivity index (χ4v) is 2.13. The lowest BCUT2D eigenvalue weighted by molar-refractivity contribution is -0.167. The van der Waals surface area contributed by atoms with Crippen molar-refractivity contribution in [3.8, 4) is 11.5 Å². The molecule has 0 aromatic heterocycles. The van der Waals surface area contributed by atoms with Crippen molar-refractivity contribution in [1.82, 2.24) is 5.32 Å². The molecule has 3 nitrogen and oxygen atoms in total. The number of halogens is 3. The van der Waals surface area contributed by atoms with Gasteiger partial charge in [0, 0.05) is 11.6 Å². The highest BCUT2D eigenvalue weighted by atomic mass is 19.4. The number of phenolic OH excluding ortho intramolecular Hbond substituents is 1. The van der Waals surface area contributed by atoms with E-state index in [0.717, 1.165) is 0 Å². The minimum atomic E-state index is -4.27. The predicted octanol–water partition coefficient (Wildman–Crippen LogP) is 3.15. The molecule has 19 heavy (non-hydrogen) atoms. The number of alkyl halides is 3. The fourth-order valence-electron chi connectivity index (χ4n) is 2.13. The van der Waals surface area contributed by atoms with Gasteiger partial charge in [0.25, 0.3) is 0 Å². The van der Waals surface area contributed by atoms with Crippen molar-refractivity contribution in [1.29, 1.82) is 0 Å². The van der Waals surface area contributed by atoms with E-state index in [2.05, 4.69) is 5.32 Å². The highest BCUT2D eigenvalue weighted by Crippen LogP contribution is 2.50. The van der Waals surface area contributed by atoms with Crippen LogP contribution in [0.15, 0.2) is 18.2 Å². The Labute approximate surface area is 109 Å². The molecule has 1 aliphatic carbocycles. The highest BCUT2D eigenvalue weighted by Gasteiger charge is 2.63. The Bertz CT molecular complexity index is 469. The van der Waals surface area contributed by atoms with Crippen LogP contribution in [0.3, 0.4) is 0 Å². The van der Waals surface area contributed by atoms with Crippen LogP contribution >= 0.6 is 0 Å². The number of methoxy groups -OCH3 is 1. The molecule has 6 heteroatoms. The first-order valence-corrected chi connectivity index (χ1v) is 6.00. The van der Waals surface area contributed by atoms with Crippen molar-refractivity contribution in [2.45, 2.75) is 37.5 Å². The summed E-state index contributed by atoms with van der Waals surface area (Å²) in [6.45, 7) is 1.60. The fraction of sp³-hybridized carbons (Fsp3) is 0.538. The second-order valence-electron chi connectivity index (χ2n) is 4.87. The van der Waals surface area contributed by atoms with Gasteiger partial charge in [-0.2, -0.15) is 13.2 Å². The lowest BCUT2D eigenvalue weighted by Gasteiger charge is -2.26. The van der Waals surface area contributed by atoms with Gasteiger partial charge in [-0.25, -0.2) is 0 Å². The second kappa shape index (κ2) is 4.59. The molecule has 1 unspecified atom stereocenters. The Morgan fingerprint density at radius 1 is 1.37 bits per heavy atom. The van der Waals surface area contributed by atoms with Gasteiger partial charge in [0.05, 0.1) is 7.11 Å². The third-order valence-electron chi connectivity index (χ3n) is 3.49. The summed E-state index contributed by atoms with van der Waals surface area (Å²) in [4.78, 5) is 0. The minimum absolute atomic E-state index is 0.0428. The van der Waals surface area contributed by atoms with Crippen molar-refractivity contribution in [2.75, 3.05) is 7.11 Å². The number of hydrogen-bond donors (Lipinski definition) is 2. The molecule has 0 heterocycles. The molecule has 106 valence electrons. The molecule has 0 spiro atoms. The lowest BCUT2D eigenvalue weighted by Crippen LogP contribution is -2.45. The normalized spacial score (nSPS) is 19.0. The molecular formula is C13H16F3NO2. The van der Waals surface area contributed by atoms with Crippen LogP contribution in [0.4, 0.5) is 13.2 Å². The average molecular weight is 275 g/mol. The van der Waals surface area contributed by atoms with E-state index in [1.807, 2.05) is 0 Å². The Morgan fingerprint density at radius 3 is 2.47 bits per heavy atom. The molecule has 1 aliphatic rings. The molecule has 1 fully saturated rings. The number of hydrogen-bond acceptors (Lipinski definition) is 3. The van der Waals surface area contributed by atoms with E-state index in [9.17, 15) is 18.3 Å². The van der Waals surface area contributed by atoms with E-state index in [-0.39, 0.29) is 18.6 Å². The first kappa shape index (κ1) is 14.0. The maximum absolute atomic E-state index is 12.9. The number of ether oxygens (including phenoxy) is 1. The Kier molecular flexibility index (Phi) is 3.38. The molecular weight excluding hydrogens is 259 g/mol. The zero-order valence-electron chi connectivity index (χ0n) is 10.7. The van der Waals surface area contributed by atoms with Gasteiger partial charge in [0.15, 0.2) is 0 Å². The van der Waals surface area contributed by atoms with Crippen molar-refractivity contribution in [2.24, 2.45) is 0 Å². The smallest absolute Gasteiger partial charge is 0.406 e. The van der Waals surface area contributed by atoms with Crippen molar-refractivity contribution < 1.29 is 23.0 Å². The van der Waals surface area contributed by atoms with Crippen LogP contribution in [0, 0.1) is 0 Å². The average Bonchev–Trinajstić information content (AvgIpc) is 3.10. The van der Waals surface area contributed by atoms with E-state index >= 15 is 0 Å². The number of benzene rings is 1. The van der Waals surface area contributed by atoms with Gasteiger partial charge in [-0.15, -0.1) is 0 Å². The van der Waals surface area contributed by atoms with Crippen LogP contribution in [0.5, 0.6) is 11.5 Å². The lowest BCUT2D eigenvalue weighted by atomic mass is 10.0. The number of nitrogens with one attached hydrogen (secondary N) is 1. The summed E-state index contributed by atoms with van der Waals surface area (Å²) >= 11 is 0. The molecule has 1 saturated carbocycles. The molecule has 1 aromatic rings. The maximum Gasteiger partial charge on any atom is 0.406 e. The van der Waals surface area contributed by atoms with Gasteiger partial charge < -0.3 is 9.84 Å². The summed E-state index contributed by atoms with van der Waals surface area (Å²) in [6.07, 6.45) is -4.12. The monoisotopic (exact) mass is 275 g/mol. The van der Waals surface area contributed by atoms with Crippen LogP contribution in [0.2, 0.25) is 0 Å². The molecule has 0 amide bonds. The summed E-state index contributed by atoms with van der Waals surface area (Å²) in [6, 6.07) is 3.90. The third-order valence-corrected chi connectivity index (χ3v) is 3.49. The van der Waals surface area contributed by atoms with Crippen molar-refractivity contribution >= 4 is 0 Å². The SMILES string of the molecule is COc1ccc(O)c(C(C)NC2(C(F)(F)F)CC2)c1. The summed E-state index contributed by atoms with van der Waals surface area (Å²) in [5.41, 5.74) is -1.41. The topological polar surface area (TPSA) is 41.5 Å². The number of aromatic hydroxyl groups is 1. The highest BCUT2D eigenvalue weighted by molar-refractivity contribution is 5.41. The molecule has 0 radical (unpaired) electrons. The van der Waals surface area contributed by atoms with E-state index < -0.39 is 17.8 Å². The Hall–Kier alpha value is -1.43. The standard InChI is InChI=1S/C13H16F3NO2/c1-8(17-12(5-6-12)13(14,15)16)10-7-9(19-2)3-4-11(10)18/h3-4,7-8,17-18H,5-6H2,1-2H3. The molecule has 2 N–H and O–H groups in total. The van der Waals surface area contributed by atoms with Crippen molar-refractivity contribution in [3.63, 3.8) is 0 Å². The van der Waals surface area contributed by atoms with E-state index in [1.165, 1.54) is 13.2 Å². The Morgan fingerprint density at radius 2 is 2.00 bits per heavy atom. The van der Waals surface area contributed by atoms with E-state index in [1.54, 1.807) is 19.1 Å². The van der Waals surface area contributed by atoms with Crippen LogP contribution in [0.25, 0.3) is 0 Å². The predicted molar refractivity (Wildman–Crippen MR) is 64.2 cm³/mol. The number of phenols is 1. The first-order chi connectivity index (χ1) is 8.79. The van der Waals surface area contributed by atoms with Crippen molar-refractivity contribution in [3.05, 3.63) is 23.8 Å². The molecule has 1 atom stereocenters. The van der Waals surface area contributed by atoms with Gasteiger partial charge in [0.2, 0.25) is 0 Å². The largest absolute Gasteiger partial charge is 0.508 e. The van der Waals surface area contributed by atoms with Crippen LogP contribution in [-0.4, -0.2) is 23.9 Å². The quantitative estimate of drug-likeness (QED) is 0.887. The molecule has 2 rings (SSSR count). The second-order valence-corrected chi connectivity index (χ2v) is 4.87. The van der Waals surface area contributed by atoms with Gasteiger partial charge in [-0.1, -0.05) is 0 Å². The van der Waals surface area contributed by atoms with Gasteiger partial charge >= 0.3 is 6.18 Å². The molecule has 0 aliphatic heterocycles. The van der Waals surface area contributed by atoms with E-state index in [0.29, 0.717) is 11.3 Å². The summed E-state index contributed by atoms with van der Waals surface area (Å²) in [7, 11) is 1.46. The molecule has 1 aromatic carbocycles. The van der Waals surface area contributed by atoms with Crippen LogP contribution < -0.4 is 10.1 Å². The summed E-state index contributed by atoms with van der Waals surface area (Å²) in [5.74, 6) is 0.456. The minimum Gasteiger partial charge on any atom is -0.508 e. The van der Waals surface area contributed by atoms with Crippen LogP contribution in [-0.2, 0) is 0 Å². The molecule has 0 bridgehead atoms. The third kappa shape index (κ3) is 2.63. The first-order valence-electron chi connectivity index (χ1n) is 6.00. The molecule has 0 saturated heterocycles. The van der Waals surface area contributed by atoms with Gasteiger partial charge in [-0.3, -0.25) is 5.32 Å². The van der Waals surface area contributed by atoms with E-state index in [4.69, 9.17) is 4.74 Å². The Balaban J connectivity index is 2.19. The van der Waals surface area contributed by atoms with Crippen LogP contribution in [0.1, 0.15) is 31.4 Å². The number of rotatable bonds is 4.